The van der Waals surface area contributed by atoms with Crippen molar-refractivity contribution >= 4 is 52.5 Å². The van der Waals surface area contributed by atoms with E-state index in [2.05, 4.69) is 9.97 Å². The molecule has 224 valence electrons. The molecule has 1 aromatic heterocycles. The maximum Gasteiger partial charge on any atom is 0.328 e. The second-order valence-electron chi connectivity index (χ2n) is 9.82. The molecule has 0 unspecified atom stereocenters. The predicted octanol–water partition coefficient (Wildman–Crippen LogP) is 4.24. The number of imide groups is 1. The molecule has 6 rings (SSSR count). The van der Waals surface area contributed by atoms with E-state index in [0.717, 1.165) is 17.3 Å². The highest BCUT2D eigenvalue weighted by atomic mass is 35.5. The number of methoxy groups -OCH3 is 1. The zero-order valence-corrected chi connectivity index (χ0v) is 25.0. The van der Waals surface area contributed by atoms with Crippen molar-refractivity contribution in [3.8, 4) is 17.5 Å². The molecular formula is C29H29ClN6O6S. The van der Waals surface area contributed by atoms with Crippen LogP contribution < -0.4 is 19.3 Å². The summed E-state index contributed by atoms with van der Waals surface area (Å²) in [5.41, 5.74) is 1.47. The van der Waals surface area contributed by atoms with Gasteiger partial charge in [-0.2, -0.15) is 15.0 Å². The minimum Gasteiger partial charge on any atom is -0.493 e. The summed E-state index contributed by atoms with van der Waals surface area (Å²) in [6.07, 6.45) is 1.66. The summed E-state index contributed by atoms with van der Waals surface area (Å²) < 4.78 is 22.7. The van der Waals surface area contributed by atoms with Crippen LogP contribution >= 0.6 is 23.4 Å². The topological polar surface area (TPSA) is 119 Å². The zero-order valence-electron chi connectivity index (χ0n) is 23.4. The van der Waals surface area contributed by atoms with Gasteiger partial charge in [0.15, 0.2) is 11.5 Å². The highest BCUT2D eigenvalue weighted by molar-refractivity contribution is 8.18. The van der Waals surface area contributed by atoms with Crippen molar-refractivity contribution in [2.24, 2.45) is 0 Å². The van der Waals surface area contributed by atoms with E-state index in [4.69, 9.17) is 35.5 Å². The lowest BCUT2D eigenvalue weighted by Gasteiger charge is -2.30. The molecule has 0 saturated carbocycles. The number of rotatable bonds is 8. The first kappa shape index (κ1) is 29.2. The van der Waals surface area contributed by atoms with Gasteiger partial charge in [0.25, 0.3) is 11.1 Å². The lowest BCUT2D eigenvalue weighted by atomic mass is 10.1. The van der Waals surface area contributed by atoms with E-state index in [-0.39, 0.29) is 23.7 Å². The van der Waals surface area contributed by atoms with Crippen molar-refractivity contribution in [2.75, 3.05) is 69.5 Å². The summed E-state index contributed by atoms with van der Waals surface area (Å²) in [5, 5.41) is 0.254. The maximum absolute atomic E-state index is 13.1. The number of carbonyl (C=O) groups is 2. The summed E-state index contributed by atoms with van der Waals surface area (Å²) in [6, 6.07) is 12.4. The monoisotopic (exact) mass is 624 g/mol. The van der Waals surface area contributed by atoms with Crippen LogP contribution in [0.15, 0.2) is 47.4 Å². The molecular weight excluding hydrogens is 596 g/mol. The molecule has 0 aliphatic carbocycles. The molecule has 0 bridgehead atoms. The van der Waals surface area contributed by atoms with Gasteiger partial charge >= 0.3 is 6.01 Å². The molecule has 3 saturated heterocycles. The van der Waals surface area contributed by atoms with Gasteiger partial charge in [-0.05, 0) is 53.2 Å². The van der Waals surface area contributed by atoms with Gasteiger partial charge in [0.2, 0.25) is 11.9 Å². The van der Waals surface area contributed by atoms with E-state index in [0.29, 0.717) is 91.5 Å². The number of halogens is 1. The average Bonchev–Trinajstić information content (AvgIpc) is 3.30. The average molecular weight is 625 g/mol. The standard InChI is InChI=1S/C29H29ClN6O6S/c1-39-23-16-20(17-24-25(37)36(29(38)43-24)18-19-2-5-21(30)6-3-19)4-7-22(23)42-28-32-26(34-8-12-40-13-9-34)31-27(33-28)35-10-14-41-15-11-35/h2-7,16-17H,8-15,18H2,1H3/b24-17-. The number of anilines is 2. The van der Waals surface area contributed by atoms with Crippen LogP contribution in [0.1, 0.15) is 11.1 Å². The second-order valence-corrected chi connectivity index (χ2v) is 11.3. The molecule has 12 nitrogen and oxygen atoms in total. The van der Waals surface area contributed by atoms with E-state index < -0.39 is 0 Å². The smallest absolute Gasteiger partial charge is 0.328 e. The highest BCUT2D eigenvalue weighted by Gasteiger charge is 2.35. The summed E-state index contributed by atoms with van der Waals surface area (Å²) in [6.45, 7) is 5.17. The fraction of sp³-hybridized carbons (Fsp3) is 0.345. The van der Waals surface area contributed by atoms with Crippen molar-refractivity contribution in [2.45, 2.75) is 6.54 Å². The largest absolute Gasteiger partial charge is 0.493 e. The predicted molar refractivity (Wildman–Crippen MR) is 162 cm³/mol. The molecule has 3 aromatic rings. The summed E-state index contributed by atoms with van der Waals surface area (Å²) >= 11 is 6.85. The van der Waals surface area contributed by atoms with Crippen LogP contribution in [0.4, 0.5) is 16.7 Å². The molecule has 0 atom stereocenters. The van der Waals surface area contributed by atoms with Gasteiger partial charge in [-0.1, -0.05) is 29.8 Å². The number of thioether (sulfide) groups is 1. The Labute approximate surface area is 257 Å². The molecule has 0 spiro atoms. The van der Waals surface area contributed by atoms with Crippen molar-refractivity contribution in [1.82, 2.24) is 19.9 Å². The van der Waals surface area contributed by atoms with Crippen LogP contribution in [0.2, 0.25) is 5.02 Å². The third-order valence-electron chi connectivity index (χ3n) is 6.99. The molecule has 43 heavy (non-hydrogen) atoms. The van der Waals surface area contributed by atoms with Gasteiger partial charge in [-0.15, -0.1) is 0 Å². The highest BCUT2D eigenvalue weighted by Crippen LogP contribution is 2.36. The summed E-state index contributed by atoms with van der Waals surface area (Å²) in [5.74, 6) is 1.47. The van der Waals surface area contributed by atoms with Crippen molar-refractivity contribution in [3.05, 3.63) is 63.5 Å². The number of ether oxygens (including phenoxy) is 4. The fourth-order valence-corrected chi connectivity index (χ4v) is 5.67. The van der Waals surface area contributed by atoms with Gasteiger partial charge in [0.05, 0.1) is 45.0 Å². The number of amides is 2. The van der Waals surface area contributed by atoms with Gasteiger partial charge < -0.3 is 28.7 Å². The Morgan fingerprint density at radius 1 is 0.884 bits per heavy atom. The number of carbonyl (C=O) groups excluding carboxylic acids is 2. The second kappa shape index (κ2) is 13.2. The lowest BCUT2D eigenvalue weighted by molar-refractivity contribution is -0.123. The Bertz CT molecular complexity index is 1490. The quantitative estimate of drug-likeness (QED) is 0.334. The van der Waals surface area contributed by atoms with E-state index in [1.54, 1.807) is 48.5 Å². The zero-order chi connectivity index (χ0) is 29.8. The van der Waals surface area contributed by atoms with E-state index >= 15 is 0 Å². The molecule has 2 aromatic carbocycles. The maximum atomic E-state index is 13.1. The molecule has 4 heterocycles. The first-order chi connectivity index (χ1) is 21.0. The minimum atomic E-state index is -0.360. The molecule has 0 radical (unpaired) electrons. The Morgan fingerprint density at radius 3 is 2.12 bits per heavy atom. The fourth-order valence-electron chi connectivity index (χ4n) is 4.71. The first-order valence-electron chi connectivity index (χ1n) is 13.7. The third-order valence-corrected chi connectivity index (χ3v) is 8.15. The Hall–Kier alpha value is -3.91. The summed E-state index contributed by atoms with van der Waals surface area (Å²) in [7, 11) is 1.53. The third kappa shape index (κ3) is 6.85. The van der Waals surface area contributed by atoms with E-state index in [1.165, 1.54) is 12.0 Å². The molecule has 3 aliphatic heterocycles. The van der Waals surface area contributed by atoms with Gasteiger partial charge in [0.1, 0.15) is 0 Å². The van der Waals surface area contributed by atoms with Gasteiger partial charge in [0, 0.05) is 31.2 Å². The van der Waals surface area contributed by atoms with Crippen LogP contribution in [0.5, 0.6) is 17.5 Å². The Morgan fingerprint density at radius 2 is 1.51 bits per heavy atom. The molecule has 2 amide bonds. The number of hydrogen-bond acceptors (Lipinski definition) is 12. The molecule has 3 aliphatic rings. The van der Waals surface area contributed by atoms with Crippen LogP contribution in [0.3, 0.4) is 0 Å². The van der Waals surface area contributed by atoms with Crippen LogP contribution in [-0.2, 0) is 20.8 Å². The molecule has 3 fully saturated rings. The van der Waals surface area contributed by atoms with Gasteiger partial charge in [-0.25, -0.2) is 0 Å². The Kier molecular flexibility index (Phi) is 8.93. The summed E-state index contributed by atoms with van der Waals surface area (Å²) in [4.78, 5) is 45.2. The number of nitrogens with zero attached hydrogens (tertiary/aromatic N) is 6. The number of morpholine rings is 2. The van der Waals surface area contributed by atoms with Crippen molar-refractivity contribution < 1.29 is 28.5 Å². The van der Waals surface area contributed by atoms with E-state index in [1.807, 2.05) is 9.80 Å². The van der Waals surface area contributed by atoms with Crippen molar-refractivity contribution in [1.29, 1.82) is 0 Å². The normalized spacial score (nSPS) is 18.5. The molecule has 0 N–H and O–H groups in total. The lowest BCUT2D eigenvalue weighted by Crippen LogP contribution is -2.40. The Balaban J connectivity index is 1.22. The molecule has 14 heteroatoms. The number of hydrogen-bond donors (Lipinski definition) is 0. The van der Waals surface area contributed by atoms with E-state index in [9.17, 15) is 9.59 Å². The minimum absolute atomic E-state index is 0.132. The van der Waals surface area contributed by atoms with Crippen LogP contribution in [0, 0.1) is 0 Å². The van der Waals surface area contributed by atoms with Crippen LogP contribution in [-0.4, -0.2) is 90.7 Å². The van der Waals surface area contributed by atoms with Gasteiger partial charge in [-0.3, -0.25) is 14.5 Å². The number of aromatic nitrogens is 3. The first-order valence-corrected chi connectivity index (χ1v) is 14.9. The SMILES string of the molecule is COc1cc(/C=C2\SC(=O)N(Cc3ccc(Cl)cc3)C2=O)ccc1Oc1nc(N2CCOCC2)nc(N2CCOCC2)n1. The van der Waals surface area contributed by atoms with Crippen LogP contribution in [0.25, 0.3) is 6.08 Å². The number of benzene rings is 2. The van der Waals surface area contributed by atoms with Crippen molar-refractivity contribution in [3.63, 3.8) is 0 Å².